The van der Waals surface area contributed by atoms with Gasteiger partial charge in [0.15, 0.2) is 0 Å². The number of nitrogens with zero attached hydrogens (tertiary/aromatic N) is 2. The van der Waals surface area contributed by atoms with Crippen LogP contribution in [-0.2, 0) is 6.42 Å². The molecule has 2 rings (SSSR count). The molecule has 0 N–H and O–H groups in total. The third-order valence-corrected chi connectivity index (χ3v) is 2.99. The number of hydrogen-bond acceptors (Lipinski definition) is 2. The maximum atomic E-state index is 13.5. The lowest BCUT2D eigenvalue weighted by molar-refractivity contribution is 0.0792. The summed E-state index contributed by atoms with van der Waals surface area (Å²) >= 11 is 0. The molecule has 0 saturated heterocycles. The minimum absolute atomic E-state index is 0.122. The zero-order chi connectivity index (χ0) is 14.5. The second-order valence-electron chi connectivity index (χ2n) is 4.46. The zero-order valence-corrected chi connectivity index (χ0v) is 11.0. The summed E-state index contributed by atoms with van der Waals surface area (Å²) in [6.45, 7) is 0.444. The van der Waals surface area contributed by atoms with Crippen LogP contribution in [0.4, 0.5) is 8.78 Å². The van der Waals surface area contributed by atoms with Crippen molar-refractivity contribution in [2.45, 2.75) is 6.42 Å². The van der Waals surface area contributed by atoms with Gasteiger partial charge in [0.25, 0.3) is 5.91 Å². The highest BCUT2D eigenvalue weighted by atomic mass is 19.1. The van der Waals surface area contributed by atoms with Gasteiger partial charge in [-0.3, -0.25) is 9.78 Å². The molecule has 0 atom stereocenters. The van der Waals surface area contributed by atoms with E-state index in [1.54, 1.807) is 19.4 Å². The Morgan fingerprint density at radius 3 is 2.55 bits per heavy atom. The van der Waals surface area contributed by atoms with Crippen molar-refractivity contribution in [1.29, 1.82) is 0 Å². The maximum Gasteiger partial charge on any atom is 0.256 e. The molecule has 1 amide bonds. The Morgan fingerprint density at radius 1 is 1.20 bits per heavy atom. The summed E-state index contributed by atoms with van der Waals surface area (Å²) in [6.07, 6.45) is 4.00. The van der Waals surface area contributed by atoms with Crippen molar-refractivity contribution in [1.82, 2.24) is 9.88 Å². The summed E-state index contributed by atoms with van der Waals surface area (Å²) in [5, 5.41) is 0. The highest BCUT2D eigenvalue weighted by Gasteiger charge is 2.16. The molecule has 1 heterocycles. The topological polar surface area (TPSA) is 33.2 Å². The van der Waals surface area contributed by atoms with Crippen molar-refractivity contribution in [2.75, 3.05) is 13.6 Å². The third kappa shape index (κ3) is 3.38. The zero-order valence-electron chi connectivity index (χ0n) is 11.0. The summed E-state index contributed by atoms with van der Waals surface area (Å²) in [7, 11) is 1.59. The number of rotatable bonds is 4. The van der Waals surface area contributed by atoms with Crippen molar-refractivity contribution in [3.05, 3.63) is 65.5 Å². The van der Waals surface area contributed by atoms with Gasteiger partial charge < -0.3 is 4.90 Å². The second-order valence-corrected chi connectivity index (χ2v) is 4.46. The molecule has 0 aliphatic rings. The first-order valence-electron chi connectivity index (χ1n) is 6.17. The lowest BCUT2D eigenvalue weighted by Crippen LogP contribution is -2.29. The molecule has 0 spiro atoms. The first-order valence-corrected chi connectivity index (χ1v) is 6.17. The van der Waals surface area contributed by atoms with Crippen molar-refractivity contribution in [2.24, 2.45) is 0 Å². The van der Waals surface area contributed by atoms with Crippen molar-refractivity contribution in [3.8, 4) is 0 Å². The number of pyridine rings is 1. The Morgan fingerprint density at radius 2 is 1.90 bits per heavy atom. The third-order valence-electron chi connectivity index (χ3n) is 2.99. The summed E-state index contributed by atoms with van der Waals surface area (Å²) in [5.74, 6) is -2.00. The molecule has 0 bridgehead atoms. The van der Waals surface area contributed by atoms with E-state index >= 15 is 0 Å². The number of aromatic nitrogens is 1. The van der Waals surface area contributed by atoms with E-state index in [0.29, 0.717) is 19.0 Å². The van der Waals surface area contributed by atoms with Crippen LogP contribution in [0.3, 0.4) is 0 Å². The van der Waals surface area contributed by atoms with Crippen LogP contribution in [0.5, 0.6) is 0 Å². The van der Waals surface area contributed by atoms with E-state index in [9.17, 15) is 13.6 Å². The molecule has 0 unspecified atom stereocenters. The van der Waals surface area contributed by atoms with Gasteiger partial charge in [0, 0.05) is 32.1 Å². The normalized spacial score (nSPS) is 10.3. The van der Waals surface area contributed by atoms with Gasteiger partial charge in [0.2, 0.25) is 0 Å². The molecule has 0 saturated carbocycles. The van der Waals surface area contributed by atoms with E-state index in [-0.39, 0.29) is 5.56 Å². The number of carbonyl (C=O) groups excluding carboxylic acids is 1. The number of hydrogen-bond donors (Lipinski definition) is 0. The van der Waals surface area contributed by atoms with Gasteiger partial charge in [-0.2, -0.15) is 0 Å². The molecule has 0 aliphatic carbocycles. The van der Waals surface area contributed by atoms with E-state index in [0.717, 1.165) is 17.7 Å². The molecule has 5 heteroatoms. The van der Waals surface area contributed by atoms with E-state index in [1.807, 2.05) is 12.1 Å². The van der Waals surface area contributed by atoms with Crippen LogP contribution < -0.4 is 0 Å². The monoisotopic (exact) mass is 276 g/mol. The minimum atomic E-state index is -0.842. The first kappa shape index (κ1) is 14.1. The van der Waals surface area contributed by atoms with Gasteiger partial charge in [0.05, 0.1) is 5.56 Å². The molecule has 104 valence electrons. The van der Waals surface area contributed by atoms with Crippen molar-refractivity contribution < 1.29 is 13.6 Å². The Labute approximate surface area is 115 Å². The van der Waals surface area contributed by atoms with Crippen LogP contribution in [0.2, 0.25) is 0 Å². The van der Waals surface area contributed by atoms with Crippen LogP contribution >= 0.6 is 0 Å². The molecule has 1 aromatic carbocycles. The highest BCUT2D eigenvalue weighted by molar-refractivity contribution is 5.94. The largest absolute Gasteiger partial charge is 0.341 e. The number of amides is 1. The Bertz CT molecular complexity index is 602. The Hall–Kier alpha value is -2.30. The predicted molar refractivity (Wildman–Crippen MR) is 71.3 cm³/mol. The standard InChI is InChI=1S/C15H14F2N2O/c1-19(9-6-11-4-7-18-8-5-11)15(20)13-3-2-12(16)10-14(13)17/h2-5,7-8,10H,6,9H2,1H3. The average Bonchev–Trinajstić information content (AvgIpc) is 2.45. The van der Waals surface area contributed by atoms with E-state index in [2.05, 4.69) is 4.98 Å². The summed E-state index contributed by atoms with van der Waals surface area (Å²) in [4.78, 5) is 17.4. The van der Waals surface area contributed by atoms with Gasteiger partial charge in [-0.05, 0) is 36.2 Å². The smallest absolute Gasteiger partial charge is 0.256 e. The van der Waals surface area contributed by atoms with Gasteiger partial charge >= 0.3 is 0 Å². The lowest BCUT2D eigenvalue weighted by Gasteiger charge is -2.17. The van der Waals surface area contributed by atoms with Crippen LogP contribution in [0.1, 0.15) is 15.9 Å². The summed E-state index contributed by atoms with van der Waals surface area (Å²) < 4.78 is 26.3. The van der Waals surface area contributed by atoms with Gasteiger partial charge in [-0.25, -0.2) is 8.78 Å². The maximum absolute atomic E-state index is 13.5. The summed E-state index contributed by atoms with van der Waals surface area (Å²) in [5.41, 5.74) is 0.919. The predicted octanol–water partition coefficient (Wildman–Crippen LogP) is 2.67. The molecular weight excluding hydrogens is 262 g/mol. The molecule has 0 radical (unpaired) electrons. The first-order chi connectivity index (χ1) is 9.58. The van der Waals surface area contributed by atoms with Crippen LogP contribution in [0.15, 0.2) is 42.7 Å². The van der Waals surface area contributed by atoms with Crippen molar-refractivity contribution in [3.63, 3.8) is 0 Å². The SMILES string of the molecule is CN(CCc1ccncc1)C(=O)c1ccc(F)cc1F. The van der Waals surface area contributed by atoms with Crippen LogP contribution in [0.25, 0.3) is 0 Å². The Balaban J connectivity index is 2.01. The van der Waals surface area contributed by atoms with Crippen LogP contribution in [-0.4, -0.2) is 29.4 Å². The molecule has 1 aromatic heterocycles. The summed E-state index contributed by atoms with van der Waals surface area (Å²) in [6, 6.07) is 6.67. The molecule has 20 heavy (non-hydrogen) atoms. The molecular formula is C15H14F2N2O. The second kappa shape index (κ2) is 6.23. The number of halogens is 2. The molecule has 0 aliphatic heterocycles. The van der Waals surface area contributed by atoms with Crippen molar-refractivity contribution >= 4 is 5.91 Å². The Kier molecular flexibility index (Phi) is 4.40. The van der Waals surface area contributed by atoms with E-state index in [1.165, 1.54) is 4.90 Å². The highest BCUT2D eigenvalue weighted by Crippen LogP contribution is 2.12. The van der Waals surface area contributed by atoms with Gasteiger partial charge in [-0.15, -0.1) is 0 Å². The number of likely N-dealkylation sites (N-methyl/N-ethyl adjacent to an activating group) is 1. The quantitative estimate of drug-likeness (QED) is 0.860. The van der Waals surface area contributed by atoms with E-state index in [4.69, 9.17) is 0 Å². The number of carbonyl (C=O) groups is 1. The van der Waals surface area contributed by atoms with Gasteiger partial charge in [0.1, 0.15) is 11.6 Å². The molecule has 3 nitrogen and oxygen atoms in total. The van der Waals surface area contributed by atoms with Crippen LogP contribution in [0, 0.1) is 11.6 Å². The molecule has 2 aromatic rings. The average molecular weight is 276 g/mol. The minimum Gasteiger partial charge on any atom is -0.341 e. The number of benzene rings is 1. The lowest BCUT2D eigenvalue weighted by atomic mass is 10.1. The van der Waals surface area contributed by atoms with Gasteiger partial charge in [-0.1, -0.05) is 0 Å². The fourth-order valence-corrected chi connectivity index (χ4v) is 1.82. The molecule has 0 fully saturated rings. The fourth-order valence-electron chi connectivity index (χ4n) is 1.82. The fraction of sp³-hybridized carbons (Fsp3) is 0.200. The van der Waals surface area contributed by atoms with E-state index < -0.39 is 17.5 Å².